The molecule has 3 unspecified atom stereocenters. The number of likely N-dealkylation sites (N-methyl/N-ethyl adjacent to an activating group) is 1. The molecule has 1 saturated carbocycles. The maximum atomic E-state index is 9.19. The van der Waals surface area contributed by atoms with E-state index in [0.717, 1.165) is 13.0 Å². The van der Waals surface area contributed by atoms with Gasteiger partial charge >= 0.3 is 0 Å². The fourth-order valence-corrected chi connectivity index (χ4v) is 3.37. The van der Waals surface area contributed by atoms with Crippen LogP contribution < -0.4 is 0 Å². The first kappa shape index (κ1) is 11.9. The zero-order chi connectivity index (χ0) is 11.5. The third kappa shape index (κ3) is 2.39. The number of hydrogen-bond acceptors (Lipinski definition) is 3. The highest BCUT2D eigenvalue weighted by molar-refractivity contribution is 4.99. The Labute approximate surface area is 99.0 Å². The van der Waals surface area contributed by atoms with E-state index < -0.39 is 0 Å². The SMILES string of the molecule is CC1CN(C)CCCN1C1CCCC1C#N. The number of nitriles is 1. The molecule has 3 atom stereocenters. The van der Waals surface area contributed by atoms with Crippen molar-refractivity contribution in [3.63, 3.8) is 0 Å². The van der Waals surface area contributed by atoms with Gasteiger partial charge in [-0.25, -0.2) is 0 Å². The Kier molecular flexibility index (Phi) is 3.83. The van der Waals surface area contributed by atoms with Gasteiger partial charge in [0.25, 0.3) is 0 Å². The standard InChI is InChI=1S/C13H23N3/c1-11-10-15(2)7-4-8-16(11)13-6-3-5-12(13)9-14/h11-13H,3-8,10H2,1-2H3. The minimum atomic E-state index is 0.283. The number of nitrogens with zero attached hydrogens (tertiary/aromatic N) is 3. The first-order valence-electron chi connectivity index (χ1n) is 6.56. The van der Waals surface area contributed by atoms with Crippen LogP contribution in [0.3, 0.4) is 0 Å². The molecule has 1 saturated heterocycles. The molecule has 3 heteroatoms. The predicted molar refractivity (Wildman–Crippen MR) is 65.0 cm³/mol. The van der Waals surface area contributed by atoms with Crippen molar-refractivity contribution in [2.45, 2.75) is 44.7 Å². The molecule has 16 heavy (non-hydrogen) atoms. The summed E-state index contributed by atoms with van der Waals surface area (Å²) in [4.78, 5) is 5.02. The van der Waals surface area contributed by atoms with Crippen molar-refractivity contribution in [2.24, 2.45) is 5.92 Å². The summed E-state index contributed by atoms with van der Waals surface area (Å²) in [6, 6.07) is 3.65. The summed E-state index contributed by atoms with van der Waals surface area (Å²) in [6.45, 7) is 5.84. The molecule has 0 aromatic carbocycles. The molecule has 0 amide bonds. The maximum absolute atomic E-state index is 9.19. The Bertz CT molecular complexity index is 271. The monoisotopic (exact) mass is 221 g/mol. The van der Waals surface area contributed by atoms with E-state index in [1.54, 1.807) is 0 Å². The molecule has 0 N–H and O–H groups in total. The van der Waals surface area contributed by atoms with Crippen molar-refractivity contribution in [3.05, 3.63) is 0 Å². The van der Waals surface area contributed by atoms with E-state index in [4.69, 9.17) is 0 Å². The second-order valence-electron chi connectivity index (χ2n) is 5.44. The van der Waals surface area contributed by atoms with Gasteiger partial charge in [0.2, 0.25) is 0 Å². The van der Waals surface area contributed by atoms with E-state index in [1.807, 2.05) is 0 Å². The summed E-state index contributed by atoms with van der Waals surface area (Å²) in [6.07, 6.45) is 4.82. The largest absolute Gasteiger partial charge is 0.305 e. The molecular formula is C13H23N3. The highest BCUT2D eigenvalue weighted by atomic mass is 15.2. The Morgan fingerprint density at radius 2 is 2.00 bits per heavy atom. The van der Waals surface area contributed by atoms with Crippen molar-refractivity contribution in [1.82, 2.24) is 9.80 Å². The third-order valence-corrected chi connectivity index (χ3v) is 4.17. The lowest BCUT2D eigenvalue weighted by Crippen LogP contribution is -2.45. The quantitative estimate of drug-likeness (QED) is 0.675. The minimum Gasteiger partial charge on any atom is -0.305 e. The maximum Gasteiger partial charge on any atom is 0.0672 e. The fourth-order valence-electron chi connectivity index (χ4n) is 3.37. The van der Waals surface area contributed by atoms with Crippen molar-refractivity contribution < 1.29 is 0 Å². The summed E-state index contributed by atoms with van der Waals surface area (Å²) in [7, 11) is 2.20. The molecule has 0 spiro atoms. The first-order valence-corrected chi connectivity index (χ1v) is 6.56. The molecule has 2 aliphatic rings. The summed E-state index contributed by atoms with van der Waals surface area (Å²) in [5.41, 5.74) is 0. The van der Waals surface area contributed by atoms with Crippen molar-refractivity contribution in [2.75, 3.05) is 26.7 Å². The lowest BCUT2D eigenvalue weighted by molar-refractivity contribution is 0.129. The van der Waals surface area contributed by atoms with E-state index in [1.165, 1.54) is 32.4 Å². The molecule has 3 nitrogen and oxygen atoms in total. The van der Waals surface area contributed by atoms with Crippen LogP contribution in [0.25, 0.3) is 0 Å². The van der Waals surface area contributed by atoms with E-state index in [2.05, 4.69) is 29.8 Å². The van der Waals surface area contributed by atoms with Crippen molar-refractivity contribution in [3.8, 4) is 6.07 Å². The Balaban J connectivity index is 2.04. The molecule has 2 rings (SSSR count). The van der Waals surface area contributed by atoms with E-state index >= 15 is 0 Å². The smallest absolute Gasteiger partial charge is 0.0672 e. The van der Waals surface area contributed by atoms with Gasteiger partial charge in [-0.05, 0) is 39.8 Å². The third-order valence-electron chi connectivity index (χ3n) is 4.17. The van der Waals surface area contributed by atoms with Gasteiger partial charge < -0.3 is 4.90 Å². The highest BCUT2D eigenvalue weighted by Gasteiger charge is 2.35. The summed E-state index contributed by atoms with van der Waals surface area (Å²) in [5, 5.41) is 9.19. The van der Waals surface area contributed by atoms with Crippen LogP contribution in [0.15, 0.2) is 0 Å². The molecule has 1 aliphatic heterocycles. The molecule has 0 bridgehead atoms. The number of rotatable bonds is 1. The highest BCUT2D eigenvalue weighted by Crippen LogP contribution is 2.31. The van der Waals surface area contributed by atoms with Gasteiger partial charge in [-0.2, -0.15) is 5.26 Å². The second kappa shape index (κ2) is 5.16. The second-order valence-corrected chi connectivity index (χ2v) is 5.44. The van der Waals surface area contributed by atoms with Crippen molar-refractivity contribution >= 4 is 0 Å². The topological polar surface area (TPSA) is 30.3 Å². The van der Waals surface area contributed by atoms with Gasteiger partial charge in [-0.1, -0.05) is 6.42 Å². The Hall–Kier alpha value is -0.590. The summed E-state index contributed by atoms with van der Waals surface area (Å²) >= 11 is 0. The molecule has 90 valence electrons. The molecule has 0 aromatic heterocycles. The van der Waals surface area contributed by atoms with Gasteiger partial charge in [-0.15, -0.1) is 0 Å². The van der Waals surface area contributed by atoms with Crippen LogP contribution in [0, 0.1) is 17.2 Å². The van der Waals surface area contributed by atoms with Crippen LogP contribution in [0.2, 0.25) is 0 Å². The summed E-state index contributed by atoms with van der Waals surface area (Å²) in [5.74, 6) is 0.283. The van der Waals surface area contributed by atoms with Crippen LogP contribution >= 0.6 is 0 Å². The van der Waals surface area contributed by atoms with E-state index in [-0.39, 0.29) is 5.92 Å². The van der Waals surface area contributed by atoms with Crippen LogP contribution in [-0.4, -0.2) is 48.6 Å². The van der Waals surface area contributed by atoms with E-state index in [9.17, 15) is 5.26 Å². The summed E-state index contributed by atoms with van der Waals surface area (Å²) < 4.78 is 0. The first-order chi connectivity index (χ1) is 7.72. The average molecular weight is 221 g/mol. The van der Waals surface area contributed by atoms with Gasteiger partial charge in [0.1, 0.15) is 0 Å². The lowest BCUT2D eigenvalue weighted by Gasteiger charge is -2.34. The van der Waals surface area contributed by atoms with Crippen LogP contribution in [0.4, 0.5) is 0 Å². The van der Waals surface area contributed by atoms with Crippen LogP contribution in [0.1, 0.15) is 32.6 Å². The van der Waals surface area contributed by atoms with E-state index in [0.29, 0.717) is 12.1 Å². The van der Waals surface area contributed by atoms with Gasteiger partial charge in [0.05, 0.1) is 12.0 Å². The molecular weight excluding hydrogens is 198 g/mol. The molecule has 1 heterocycles. The minimum absolute atomic E-state index is 0.283. The molecule has 1 aliphatic carbocycles. The van der Waals surface area contributed by atoms with Gasteiger partial charge in [-0.3, -0.25) is 4.90 Å². The zero-order valence-electron chi connectivity index (χ0n) is 10.5. The molecule has 0 aromatic rings. The van der Waals surface area contributed by atoms with Gasteiger partial charge in [0.15, 0.2) is 0 Å². The normalized spacial score (nSPS) is 38.2. The van der Waals surface area contributed by atoms with Crippen molar-refractivity contribution in [1.29, 1.82) is 5.26 Å². The Morgan fingerprint density at radius 3 is 2.75 bits per heavy atom. The predicted octanol–water partition coefficient (Wildman–Crippen LogP) is 1.70. The Morgan fingerprint density at radius 1 is 1.19 bits per heavy atom. The fraction of sp³-hybridized carbons (Fsp3) is 0.923. The molecule has 0 radical (unpaired) electrons. The van der Waals surface area contributed by atoms with Crippen LogP contribution in [0.5, 0.6) is 0 Å². The molecule has 2 fully saturated rings. The lowest BCUT2D eigenvalue weighted by atomic mass is 10.0. The van der Waals surface area contributed by atoms with Gasteiger partial charge in [0, 0.05) is 25.2 Å². The zero-order valence-corrected chi connectivity index (χ0v) is 10.5. The number of hydrogen-bond donors (Lipinski definition) is 0. The average Bonchev–Trinajstić information content (AvgIpc) is 2.65. The van der Waals surface area contributed by atoms with Crippen LogP contribution in [-0.2, 0) is 0 Å².